The molecule has 7 nitrogen and oxygen atoms in total. The molecule has 0 saturated heterocycles. The second kappa shape index (κ2) is 9.75. The van der Waals surface area contributed by atoms with Crippen molar-refractivity contribution in [3.8, 4) is 5.69 Å². The number of alkyl carbamates (subject to hydrolysis) is 1. The minimum atomic E-state index is -0.920. The highest BCUT2D eigenvalue weighted by Gasteiger charge is 2.24. The number of esters is 1. The quantitative estimate of drug-likeness (QED) is 0.599. The zero-order valence-electron chi connectivity index (χ0n) is 15.7. The lowest BCUT2D eigenvalue weighted by Gasteiger charge is -2.15. The van der Waals surface area contributed by atoms with Gasteiger partial charge < -0.3 is 19.4 Å². The summed E-state index contributed by atoms with van der Waals surface area (Å²) < 4.78 is 11.8. The maximum absolute atomic E-state index is 12.1. The number of carbonyl (C=O) groups is 2. The molecular formula is C21H20ClN3O4. The number of aromatic nitrogens is 2. The van der Waals surface area contributed by atoms with Crippen LogP contribution in [0.25, 0.3) is 5.69 Å². The largest absolute Gasteiger partial charge is 0.467 e. The fourth-order valence-corrected chi connectivity index (χ4v) is 2.80. The van der Waals surface area contributed by atoms with E-state index in [1.54, 1.807) is 29.2 Å². The van der Waals surface area contributed by atoms with Gasteiger partial charge in [0.05, 0.1) is 19.1 Å². The minimum Gasteiger partial charge on any atom is -0.467 e. The maximum atomic E-state index is 12.1. The maximum Gasteiger partial charge on any atom is 0.408 e. The molecule has 0 aliphatic rings. The molecule has 0 aliphatic carbocycles. The number of imidazole rings is 1. The summed E-state index contributed by atoms with van der Waals surface area (Å²) in [6, 6.07) is 15.6. The molecule has 1 heterocycles. The topological polar surface area (TPSA) is 82.5 Å². The lowest BCUT2D eigenvalue weighted by Crippen LogP contribution is -2.43. The SMILES string of the molecule is COC(=O)[C@H](Cc1cn(-c2ccc(Cl)cc2)cn1)NC(=O)OCc1ccccc1. The molecule has 3 aromatic rings. The summed E-state index contributed by atoms with van der Waals surface area (Å²) >= 11 is 5.91. The predicted molar refractivity (Wildman–Crippen MR) is 108 cm³/mol. The first-order valence-electron chi connectivity index (χ1n) is 8.89. The normalized spacial score (nSPS) is 11.5. The lowest BCUT2D eigenvalue weighted by molar-refractivity contribution is -0.143. The molecular weight excluding hydrogens is 394 g/mol. The Kier molecular flexibility index (Phi) is 6.86. The third-order valence-corrected chi connectivity index (χ3v) is 4.42. The van der Waals surface area contributed by atoms with Crippen molar-refractivity contribution in [3.05, 3.63) is 83.4 Å². The highest BCUT2D eigenvalue weighted by molar-refractivity contribution is 6.30. The lowest BCUT2D eigenvalue weighted by atomic mass is 10.1. The first kappa shape index (κ1) is 20.4. The number of benzene rings is 2. The minimum absolute atomic E-state index is 0.103. The highest BCUT2D eigenvalue weighted by atomic mass is 35.5. The highest BCUT2D eigenvalue weighted by Crippen LogP contribution is 2.14. The molecule has 3 rings (SSSR count). The second-order valence-electron chi connectivity index (χ2n) is 6.23. The van der Waals surface area contributed by atoms with Crippen LogP contribution in [0.15, 0.2) is 67.1 Å². The van der Waals surface area contributed by atoms with Gasteiger partial charge in [0.25, 0.3) is 0 Å². The van der Waals surface area contributed by atoms with E-state index in [-0.39, 0.29) is 13.0 Å². The molecule has 0 fully saturated rings. The predicted octanol–water partition coefficient (Wildman–Crippen LogP) is 3.54. The molecule has 1 aromatic heterocycles. The summed E-state index contributed by atoms with van der Waals surface area (Å²) in [6.45, 7) is 0.103. The number of nitrogens with one attached hydrogen (secondary N) is 1. The first-order valence-corrected chi connectivity index (χ1v) is 9.27. The zero-order valence-corrected chi connectivity index (χ0v) is 16.5. The van der Waals surface area contributed by atoms with Crippen molar-refractivity contribution >= 4 is 23.7 Å². The summed E-state index contributed by atoms with van der Waals surface area (Å²) in [4.78, 5) is 28.5. The van der Waals surface area contributed by atoms with Gasteiger partial charge in [0, 0.05) is 23.3 Å². The third-order valence-electron chi connectivity index (χ3n) is 4.16. The van der Waals surface area contributed by atoms with Crippen LogP contribution in [-0.4, -0.2) is 34.8 Å². The molecule has 0 spiro atoms. The van der Waals surface area contributed by atoms with Crippen LogP contribution in [0.3, 0.4) is 0 Å². The van der Waals surface area contributed by atoms with E-state index >= 15 is 0 Å². The number of amides is 1. The van der Waals surface area contributed by atoms with Crippen LogP contribution in [0.5, 0.6) is 0 Å². The van der Waals surface area contributed by atoms with Gasteiger partial charge in [-0.05, 0) is 29.8 Å². The van der Waals surface area contributed by atoms with Crippen LogP contribution in [0.2, 0.25) is 5.02 Å². The van der Waals surface area contributed by atoms with E-state index < -0.39 is 18.1 Å². The molecule has 0 bridgehead atoms. The molecule has 1 amide bonds. The number of ether oxygens (including phenoxy) is 2. The van der Waals surface area contributed by atoms with Crippen molar-refractivity contribution in [1.29, 1.82) is 0 Å². The number of carbonyl (C=O) groups excluding carboxylic acids is 2. The second-order valence-corrected chi connectivity index (χ2v) is 6.67. The van der Waals surface area contributed by atoms with Crippen molar-refractivity contribution < 1.29 is 19.1 Å². The number of halogens is 1. The molecule has 1 atom stereocenters. The molecule has 1 N–H and O–H groups in total. The monoisotopic (exact) mass is 413 g/mol. The molecule has 8 heteroatoms. The molecule has 2 aromatic carbocycles. The molecule has 0 radical (unpaired) electrons. The summed E-state index contributed by atoms with van der Waals surface area (Å²) in [5.74, 6) is -0.581. The van der Waals surface area contributed by atoms with Gasteiger partial charge in [-0.15, -0.1) is 0 Å². The Morgan fingerprint density at radius 3 is 2.55 bits per heavy atom. The van der Waals surface area contributed by atoms with Crippen LogP contribution in [0.4, 0.5) is 4.79 Å². The van der Waals surface area contributed by atoms with Crippen molar-refractivity contribution in [2.24, 2.45) is 0 Å². The van der Waals surface area contributed by atoms with Crippen molar-refractivity contribution in [1.82, 2.24) is 14.9 Å². The Morgan fingerprint density at radius 1 is 1.14 bits per heavy atom. The fraction of sp³-hybridized carbons (Fsp3) is 0.190. The first-order chi connectivity index (χ1) is 14.0. The summed E-state index contributed by atoms with van der Waals surface area (Å²) in [5.41, 5.74) is 2.33. The van der Waals surface area contributed by atoms with Gasteiger partial charge >= 0.3 is 12.1 Å². The Bertz CT molecular complexity index is 958. The molecule has 0 unspecified atom stereocenters. The average molecular weight is 414 g/mol. The van der Waals surface area contributed by atoms with Crippen LogP contribution in [0, 0.1) is 0 Å². The van der Waals surface area contributed by atoms with Gasteiger partial charge in [-0.25, -0.2) is 14.6 Å². The Balaban J connectivity index is 1.62. The van der Waals surface area contributed by atoms with Crippen molar-refractivity contribution in [3.63, 3.8) is 0 Å². The number of hydrogen-bond acceptors (Lipinski definition) is 5. The zero-order chi connectivity index (χ0) is 20.6. The molecule has 29 heavy (non-hydrogen) atoms. The summed E-state index contributed by atoms with van der Waals surface area (Å²) in [7, 11) is 1.26. The molecule has 0 saturated carbocycles. The number of hydrogen-bond donors (Lipinski definition) is 1. The van der Waals surface area contributed by atoms with Gasteiger partial charge in [0.1, 0.15) is 12.6 Å². The Labute approximate surface area is 173 Å². The fourth-order valence-electron chi connectivity index (χ4n) is 2.68. The molecule has 0 aliphatic heterocycles. The smallest absolute Gasteiger partial charge is 0.408 e. The Hall–Kier alpha value is -3.32. The average Bonchev–Trinajstić information content (AvgIpc) is 3.21. The Morgan fingerprint density at radius 2 is 1.86 bits per heavy atom. The van der Waals surface area contributed by atoms with Crippen molar-refractivity contribution in [2.45, 2.75) is 19.1 Å². The van der Waals surface area contributed by atoms with Crippen molar-refractivity contribution in [2.75, 3.05) is 7.11 Å². The van der Waals surface area contributed by atoms with E-state index in [0.717, 1.165) is 11.3 Å². The van der Waals surface area contributed by atoms with E-state index in [9.17, 15) is 9.59 Å². The van der Waals surface area contributed by atoms with E-state index in [2.05, 4.69) is 10.3 Å². The van der Waals surface area contributed by atoms with Crippen LogP contribution >= 0.6 is 11.6 Å². The van der Waals surface area contributed by atoms with Crippen LogP contribution in [-0.2, 0) is 27.3 Å². The summed E-state index contributed by atoms with van der Waals surface area (Å²) in [6.07, 6.45) is 2.85. The number of rotatable bonds is 7. The van der Waals surface area contributed by atoms with Gasteiger partial charge in [0.2, 0.25) is 0 Å². The summed E-state index contributed by atoms with van der Waals surface area (Å²) in [5, 5.41) is 3.18. The van der Waals surface area contributed by atoms with Gasteiger partial charge in [-0.1, -0.05) is 41.9 Å². The van der Waals surface area contributed by atoms with E-state index in [1.807, 2.05) is 42.5 Å². The van der Waals surface area contributed by atoms with E-state index in [0.29, 0.717) is 10.7 Å². The van der Waals surface area contributed by atoms with Gasteiger partial charge in [0.15, 0.2) is 0 Å². The number of methoxy groups -OCH3 is 1. The van der Waals surface area contributed by atoms with Gasteiger partial charge in [-0.2, -0.15) is 0 Å². The number of nitrogens with zero attached hydrogens (tertiary/aromatic N) is 2. The van der Waals surface area contributed by atoms with Crippen LogP contribution in [0.1, 0.15) is 11.3 Å². The molecule has 150 valence electrons. The van der Waals surface area contributed by atoms with E-state index in [4.69, 9.17) is 21.1 Å². The van der Waals surface area contributed by atoms with Crippen LogP contribution < -0.4 is 5.32 Å². The van der Waals surface area contributed by atoms with E-state index in [1.165, 1.54) is 7.11 Å². The third kappa shape index (κ3) is 5.83. The standard InChI is InChI=1S/C21H20ClN3O4/c1-28-20(26)19(24-21(27)29-13-15-5-3-2-4-6-15)11-17-12-25(14-23-17)18-9-7-16(22)8-10-18/h2-10,12,14,19H,11,13H2,1H3,(H,24,27)/t19-/m0/s1. The van der Waals surface area contributed by atoms with Gasteiger partial charge in [-0.3, -0.25) is 0 Å².